The van der Waals surface area contributed by atoms with Gasteiger partial charge >= 0.3 is 11.9 Å². The normalized spacial score (nSPS) is 20.2. The highest BCUT2D eigenvalue weighted by Crippen LogP contribution is 2.26. The van der Waals surface area contributed by atoms with E-state index in [-0.39, 0.29) is 84.4 Å². The molecular formula is C46H75N11O21. The Morgan fingerprint density at radius 2 is 1.05 bits per heavy atom. The van der Waals surface area contributed by atoms with E-state index in [1.807, 2.05) is 0 Å². The standard InChI is InChI=1S/C46H75N11O21/c1-4-12-71-14-16-73-18-19-74-17-15-72-13-7-36(66)57(10-5-8-51-34(64)24-75-39(30(62)22-58)41-37(53-26(2)60)28(55-45(47)48)20-32(77-41)43(67)68)11-6-9-52-35(65)25-76-40(31(63)23-59)42-38(54-27(3)61)29(56-46(49)50)21-33(78-42)44(69)70/h1,20-21,28-31,37-42,58-59,62-63H,5-19,22-25H2,2-3H3,(H,51,64)(H,52,65)(H,53,60)(H,54,61)(H,67,68)(H,69,70)(H4,47,48,55)(H4,49,50,56)/t28-,29-,30+,31+,37+,38+,39+,40+,41+,42+/m0/s1. The second kappa shape index (κ2) is 37.0. The number of terminal acetylenes is 1. The Morgan fingerprint density at radius 3 is 1.40 bits per heavy atom. The van der Waals surface area contributed by atoms with Crippen LogP contribution in [-0.2, 0) is 71.5 Å². The molecule has 78 heavy (non-hydrogen) atoms. The minimum absolute atomic E-state index is 0.0111. The number of ether oxygens (including phenoxy) is 8. The lowest BCUT2D eigenvalue weighted by molar-refractivity contribution is -0.159. The molecule has 0 aliphatic carbocycles. The second-order valence-electron chi connectivity index (χ2n) is 17.1. The number of aliphatic hydroxyl groups excluding tert-OH is 4. The Balaban J connectivity index is 2.10. The van der Waals surface area contributed by atoms with E-state index in [0.29, 0.717) is 19.8 Å². The van der Waals surface area contributed by atoms with Gasteiger partial charge in [0.1, 0.15) is 44.2 Å². The fraction of sp³-hybridized carbons (Fsp3) is 0.674. The van der Waals surface area contributed by atoms with Crippen LogP contribution in [0.25, 0.3) is 0 Å². The molecule has 18 N–H and O–H groups in total. The summed E-state index contributed by atoms with van der Waals surface area (Å²) < 4.78 is 44.0. The molecule has 2 aliphatic heterocycles. The number of rotatable bonds is 39. The maximum Gasteiger partial charge on any atom is 0.370 e. The van der Waals surface area contributed by atoms with E-state index in [4.69, 9.17) is 66.6 Å². The first-order valence-electron chi connectivity index (χ1n) is 24.5. The van der Waals surface area contributed by atoms with E-state index in [0.717, 1.165) is 26.0 Å². The van der Waals surface area contributed by atoms with Gasteiger partial charge in [-0.3, -0.25) is 34.8 Å². The summed E-state index contributed by atoms with van der Waals surface area (Å²) in [5.74, 6) is -6.41. The Morgan fingerprint density at radius 1 is 0.667 bits per heavy atom. The molecule has 32 heteroatoms. The molecule has 0 unspecified atom stereocenters. The van der Waals surface area contributed by atoms with Crippen LogP contribution in [0.1, 0.15) is 33.1 Å². The topological polar surface area (TPSA) is 490 Å². The summed E-state index contributed by atoms with van der Waals surface area (Å²) >= 11 is 0. The van der Waals surface area contributed by atoms with Crippen LogP contribution in [0, 0.1) is 23.2 Å². The molecule has 2 aliphatic rings. The van der Waals surface area contributed by atoms with Gasteiger partial charge in [0.15, 0.2) is 24.1 Å². The molecule has 0 bridgehead atoms. The van der Waals surface area contributed by atoms with Crippen molar-refractivity contribution in [3.63, 3.8) is 0 Å². The van der Waals surface area contributed by atoms with E-state index < -0.39 is 146 Å². The third-order valence-electron chi connectivity index (χ3n) is 11.0. The van der Waals surface area contributed by atoms with Crippen molar-refractivity contribution in [1.29, 1.82) is 10.8 Å². The summed E-state index contributed by atoms with van der Waals surface area (Å²) in [5, 5.41) is 91.2. The summed E-state index contributed by atoms with van der Waals surface area (Å²) in [7, 11) is 0. The fourth-order valence-electron chi connectivity index (χ4n) is 7.65. The van der Waals surface area contributed by atoms with E-state index in [9.17, 15) is 64.2 Å². The van der Waals surface area contributed by atoms with Crippen molar-refractivity contribution in [2.75, 3.05) is 105 Å². The molecule has 0 spiro atoms. The van der Waals surface area contributed by atoms with Gasteiger partial charge in [0, 0.05) is 40.0 Å². The number of hydrogen-bond donors (Lipinski definition) is 16. The number of nitrogens with zero attached hydrogens (tertiary/aromatic N) is 1. The van der Waals surface area contributed by atoms with Gasteiger partial charge in [0.05, 0.1) is 90.1 Å². The molecule has 32 nitrogen and oxygen atoms in total. The molecule has 440 valence electrons. The van der Waals surface area contributed by atoms with Crippen LogP contribution < -0.4 is 43.4 Å². The molecule has 0 aromatic carbocycles. The van der Waals surface area contributed by atoms with Crippen molar-refractivity contribution >= 4 is 53.4 Å². The van der Waals surface area contributed by atoms with Crippen LogP contribution in [0.4, 0.5) is 0 Å². The molecule has 5 amide bonds. The summed E-state index contributed by atoms with van der Waals surface area (Å²) in [6.45, 7) is 0.785. The molecule has 0 aromatic rings. The van der Waals surface area contributed by atoms with E-state index in [1.165, 1.54) is 4.90 Å². The summed E-state index contributed by atoms with van der Waals surface area (Å²) in [6.07, 6.45) is -2.44. The Bertz CT molecular complexity index is 1960. The lowest BCUT2D eigenvalue weighted by Crippen LogP contribution is -2.64. The SMILES string of the molecule is C#CCOCCOCCOCCOCCC(=O)N(CCCNC(=O)CO[C@@H]([C@@H]1OC(C(=O)O)=C[C@H](NC(=N)N)[C@H]1NC(C)=O)[C@H](O)CO)CCCNC(=O)CO[C@@H]([C@@H]1OC(C(=O)O)=C[C@H](NC(=N)N)[C@H]1NC(C)=O)[C@H](O)CO. The molecule has 0 saturated carbocycles. The number of amides is 5. The van der Waals surface area contributed by atoms with E-state index in [2.05, 4.69) is 37.8 Å². The first kappa shape index (κ1) is 67.2. The molecule has 0 aromatic heterocycles. The van der Waals surface area contributed by atoms with Crippen LogP contribution >= 0.6 is 0 Å². The number of carboxylic acid groups (broad SMARTS) is 2. The molecule has 0 fully saturated rings. The van der Waals surface area contributed by atoms with Gasteiger partial charge in [0.25, 0.3) is 0 Å². The van der Waals surface area contributed by atoms with Crippen LogP contribution in [0.2, 0.25) is 0 Å². The Kier molecular flexibility index (Phi) is 31.9. The van der Waals surface area contributed by atoms with Gasteiger partial charge in [-0.05, 0) is 25.0 Å². The predicted octanol–water partition coefficient (Wildman–Crippen LogP) is -7.16. The van der Waals surface area contributed by atoms with Crippen LogP contribution in [0.15, 0.2) is 23.7 Å². The average Bonchev–Trinajstić information content (AvgIpc) is 3.39. The van der Waals surface area contributed by atoms with E-state index in [1.54, 1.807) is 0 Å². The quantitative estimate of drug-likeness (QED) is 0.0118. The number of aliphatic hydroxyl groups is 4. The third-order valence-corrected chi connectivity index (χ3v) is 11.0. The van der Waals surface area contributed by atoms with Crippen molar-refractivity contribution in [2.45, 2.75) is 93.9 Å². The molecule has 10 atom stereocenters. The fourth-order valence-corrected chi connectivity index (χ4v) is 7.65. The number of nitrogens with two attached hydrogens (primary N) is 2. The van der Waals surface area contributed by atoms with Gasteiger partial charge in [-0.25, -0.2) is 9.59 Å². The van der Waals surface area contributed by atoms with Gasteiger partial charge < -0.3 is 117 Å². The van der Waals surface area contributed by atoms with E-state index >= 15 is 0 Å². The van der Waals surface area contributed by atoms with Crippen LogP contribution in [-0.4, -0.2) is 255 Å². The van der Waals surface area contributed by atoms with Gasteiger partial charge in [0.2, 0.25) is 41.1 Å². The molecular weight excluding hydrogens is 1040 g/mol. The largest absolute Gasteiger partial charge is 0.478 e. The Hall–Kier alpha value is -6.93. The molecule has 2 heterocycles. The highest BCUT2D eigenvalue weighted by atomic mass is 16.6. The minimum Gasteiger partial charge on any atom is -0.478 e. The first-order chi connectivity index (χ1) is 37.1. The van der Waals surface area contributed by atoms with Gasteiger partial charge in [-0.15, -0.1) is 6.42 Å². The maximum atomic E-state index is 13.5. The minimum atomic E-state index is -1.78. The number of carbonyl (C=O) groups excluding carboxylic acids is 5. The monoisotopic (exact) mass is 1120 g/mol. The zero-order valence-electron chi connectivity index (χ0n) is 43.3. The molecule has 0 saturated heterocycles. The highest BCUT2D eigenvalue weighted by molar-refractivity contribution is 5.86. The van der Waals surface area contributed by atoms with Crippen LogP contribution in [0.3, 0.4) is 0 Å². The zero-order chi connectivity index (χ0) is 58.2. The highest BCUT2D eigenvalue weighted by Gasteiger charge is 2.47. The lowest BCUT2D eigenvalue weighted by atomic mass is 9.91. The van der Waals surface area contributed by atoms with Crippen molar-refractivity contribution in [1.82, 2.24) is 36.8 Å². The number of aliphatic carboxylic acids is 2. The summed E-state index contributed by atoms with van der Waals surface area (Å²) in [5.41, 5.74) is 11.0. The van der Waals surface area contributed by atoms with Crippen molar-refractivity contribution in [3.8, 4) is 12.3 Å². The average molecular weight is 1120 g/mol. The lowest BCUT2D eigenvalue weighted by Gasteiger charge is -2.41. The van der Waals surface area contributed by atoms with Crippen LogP contribution in [0.5, 0.6) is 0 Å². The van der Waals surface area contributed by atoms with Crippen molar-refractivity contribution in [3.05, 3.63) is 23.7 Å². The number of nitrogens with one attached hydrogen (secondary N) is 8. The second-order valence-corrected chi connectivity index (χ2v) is 17.1. The van der Waals surface area contributed by atoms with Crippen molar-refractivity contribution in [2.24, 2.45) is 11.5 Å². The summed E-state index contributed by atoms with van der Waals surface area (Å²) in [6, 6.07) is -4.82. The van der Waals surface area contributed by atoms with Gasteiger partial charge in [-0.2, -0.15) is 0 Å². The smallest absolute Gasteiger partial charge is 0.370 e. The first-order valence-corrected chi connectivity index (χ1v) is 24.5. The molecule has 2 rings (SSSR count). The molecule has 0 radical (unpaired) electrons. The maximum absolute atomic E-state index is 13.5. The number of carbonyl (C=O) groups is 7. The number of carboxylic acids is 2. The zero-order valence-corrected chi connectivity index (χ0v) is 43.3. The predicted molar refractivity (Wildman–Crippen MR) is 268 cm³/mol. The Labute approximate surface area is 449 Å². The number of hydrogen-bond acceptors (Lipinski definition) is 21. The number of guanidine groups is 2. The summed E-state index contributed by atoms with van der Waals surface area (Å²) in [4.78, 5) is 89.3. The third kappa shape index (κ3) is 25.5. The van der Waals surface area contributed by atoms with Crippen molar-refractivity contribution < 1.29 is 102 Å². The van der Waals surface area contributed by atoms with Gasteiger partial charge in [-0.1, -0.05) is 5.92 Å².